The number of nitrogens with zero attached hydrogens (tertiary/aromatic N) is 2. The largest absolute Gasteiger partial charge is 0.227 e. The lowest BCUT2D eigenvalue weighted by atomic mass is 10.0. The molecule has 1 aliphatic rings. The van der Waals surface area contributed by atoms with E-state index in [1.807, 2.05) is 12.3 Å². The molecule has 0 unspecified atom stereocenters. The van der Waals surface area contributed by atoms with Gasteiger partial charge in [0.2, 0.25) is 0 Å². The monoisotopic (exact) mass is 228 g/mol. The molecule has 0 amide bonds. The summed E-state index contributed by atoms with van der Waals surface area (Å²) in [6, 6.07) is 1.91. The Morgan fingerprint density at radius 2 is 2.07 bits per heavy atom. The second kappa shape index (κ2) is 4.49. The number of aromatic nitrogens is 2. The third-order valence-electron chi connectivity index (χ3n) is 2.65. The first-order valence-corrected chi connectivity index (χ1v) is 6.48. The van der Waals surface area contributed by atoms with Crippen LogP contribution in [0.3, 0.4) is 0 Å². The van der Waals surface area contributed by atoms with Crippen molar-refractivity contribution in [3.8, 4) is 0 Å². The molecule has 1 fully saturated rings. The van der Waals surface area contributed by atoms with Crippen molar-refractivity contribution in [2.24, 2.45) is 0 Å². The molecule has 0 atom stereocenters. The summed E-state index contributed by atoms with van der Waals surface area (Å²) in [6.45, 7) is 0. The van der Waals surface area contributed by atoms with Crippen LogP contribution in [0.5, 0.6) is 0 Å². The summed E-state index contributed by atoms with van der Waals surface area (Å²) in [5.74, 6) is 0.612. The SMILES string of the molecule is CSc1nc(Cl)cc(C2CCCC2)n1. The molecule has 2 rings (SSSR count). The van der Waals surface area contributed by atoms with Crippen molar-refractivity contribution in [3.05, 3.63) is 16.9 Å². The van der Waals surface area contributed by atoms with Gasteiger partial charge in [0.15, 0.2) is 5.16 Å². The van der Waals surface area contributed by atoms with E-state index < -0.39 is 0 Å². The van der Waals surface area contributed by atoms with Crippen LogP contribution in [0.25, 0.3) is 0 Å². The van der Waals surface area contributed by atoms with Crippen molar-refractivity contribution in [1.82, 2.24) is 9.97 Å². The molecule has 1 heterocycles. The van der Waals surface area contributed by atoms with Gasteiger partial charge in [0.1, 0.15) is 5.15 Å². The van der Waals surface area contributed by atoms with E-state index in [2.05, 4.69) is 9.97 Å². The van der Waals surface area contributed by atoms with Crippen molar-refractivity contribution in [3.63, 3.8) is 0 Å². The minimum absolute atomic E-state index is 0.575. The molecule has 0 saturated heterocycles. The Morgan fingerprint density at radius 3 is 2.71 bits per heavy atom. The highest BCUT2D eigenvalue weighted by atomic mass is 35.5. The fourth-order valence-corrected chi connectivity index (χ4v) is 2.56. The molecule has 0 radical (unpaired) electrons. The van der Waals surface area contributed by atoms with Gasteiger partial charge in [-0.05, 0) is 25.2 Å². The first kappa shape index (κ1) is 10.2. The molecule has 14 heavy (non-hydrogen) atoms. The second-order valence-corrected chi connectivity index (χ2v) is 4.74. The average Bonchev–Trinajstić information content (AvgIpc) is 2.69. The highest BCUT2D eigenvalue weighted by molar-refractivity contribution is 7.98. The minimum atomic E-state index is 0.575. The van der Waals surface area contributed by atoms with Crippen LogP contribution in [0.4, 0.5) is 0 Å². The van der Waals surface area contributed by atoms with Crippen LogP contribution >= 0.6 is 23.4 Å². The van der Waals surface area contributed by atoms with Gasteiger partial charge in [0.25, 0.3) is 0 Å². The molecule has 0 aromatic carbocycles. The summed E-state index contributed by atoms with van der Waals surface area (Å²) in [6.07, 6.45) is 7.12. The number of thioether (sulfide) groups is 1. The molecule has 1 aromatic heterocycles. The van der Waals surface area contributed by atoms with Crippen LogP contribution in [0, 0.1) is 0 Å². The highest BCUT2D eigenvalue weighted by Gasteiger charge is 2.19. The van der Waals surface area contributed by atoms with Crippen molar-refractivity contribution in [2.75, 3.05) is 6.26 Å². The third kappa shape index (κ3) is 2.20. The standard InChI is InChI=1S/C10H13ClN2S/c1-14-10-12-8(6-9(11)13-10)7-4-2-3-5-7/h6-7H,2-5H2,1H3. The van der Waals surface area contributed by atoms with E-state index in [1.54, 1.807) is 11.8 Å². The lowest BCUT2D eigenvalue weighted by molar-refractivity contribution is 0.679. The highest BCUT2D eigenvalue weighted by Crippen LogP contribution is 2.34. The Bertz CT molecular complexity index is 324. The second-order valence-electron chi connectivity index (χ2n) is 3.58. The number of hydrogen-bond acceptors (Lipinski definition) is 3. The average molecular weight is 229 g/mol. The van der Waals surface area contributed by atoms with Crippen LogP contribution in [0.2, 0.25) is 5.15 Å². The Kier molecular flexibility index (Phi) is 3.29. The van der Waals surface area contributed by atoms with E-state index in [9.17, 15) is 0 Å². The van der Waals surface area contributed by atoms with Gasteiger partial charge >= 0.3 is 0 Å². The Balaban J connectivity index is 2.27. The molecule has 1 aromatic rings. The van der Waals surface area contributed by atoms with Gasteiger partial charge in [-0.1, -0.05) is 36.2 Å². The summed E-state index contributed by atoms with van der Waals surface area (Å²) in [5, 5.41) is 1.37. The van der Waals surface area contributed by atoms with E-state index in [4.69, 9.17) is 11.6 Å². The maximum Gasteiger partial charge on any atom is 0.188 e. The summed E-state index contributed by atoms with van der Waals surface area (Å²) in [7, 11) is 0. The topological polar surface area (TPSA) is 25.8 Å². The Morgan fingerprint density at radius 1 is 1.36 bits per heavy atom. The van der Waals surface area contributed by atoms with Gasteiger partial charge in [0.05, 0.1) is 0 Å². The minimum Gasteiger partial charge on any atom is -0.227 e. The molecule has 1 aliphatic carbocycles. The fourth-order valence-electron chi connectivity index (χ4n) is 1.94. The van der Waals surface area contributed by atoms with E-state index in [0.29, 0.717) is 11.1 Å². The van der Waals surface area contributed by atoms with E-state index >= 15 is 0 Å². The zero-order valence-corrected chi connectivity index (χ0v) is 9.74. The Labute approximate surface area is 93.5 Å². The van der Waals surface area contributed by atoms with Crippen LogP contribution in [0.1, 0.15) is 37.3 Å². The molecule has 2 nitrogen and oxygen atoms in total. The third-order valence-corrected chi connectivity index (χ3v) is 3.39. The van der Waals surface area contributed by atoms with E-state index in [-0.39, 0.29) is 0 Å². The molecule has 1 saturated carbocycles. The zero-order valence-electron chi connectivity index (χ0n) is 8.16. The molecule has 0 spiro atoms. The lowest BCUT2D eigenvalue weighted by Crippen LogP contribution is -1.99. The summed E-state index contributed by atoms with van der Waals surface area (Å²) in [5.41, 5.74) is 1.13. The molecule has 76 valence electrons. The quantitative estimate of drug-likeness (QED) is 0.440. The van der Waals surface area contributed by atoms with Gasteiger partial charge in [0, 0.05) is 11.6 Å². The maximum absolute atomic E-state index is 5.94. The predicted molar refractivity (Wildman–Crippen MR) is 60.0 cm³/mol. The maximum atomic E-state index is 5.94. The van der Waals surface area contributed by atoms with Gasteiger partial charge in [-0.3, -0.25) is 0 Å². The van der Waals surface area contributed by atoms with E-state index in [0.717, 1.165) is 10.9 Å². The molecule has 0 aliphatic heterocycles. The summed E-state index contributed by atoms with van der Waals surface area (Å²) < 4.78 is 0. The van der Waals surface area contributed by atoms with Crippen LogP contribution in [-0.4, -0.2) is 16.2 Å². The van der Waals surface area contributed by atoms with Gasteiger partial charge in [-0.25, -0.2) is 9.97 Å². The number of rotatable bonds is 2. The molecular weight excluding hydrogens is 216 g/mol. The van der Waals surface area contributed by atoms with Gasteiger partial charge in [-0.15, -0.1) is 0 Å². The summed E-state index contributed by atoms with van der Waals surface area (Å²) >= 11 is 7.49. The van der Waals surface area contributed by atoms with Crippen molar-refractivity contribution in [2.45, 2.75) is 36.8 Å². The van der Waals surface area contributed by atoms with Crippen molar-refractivity contribution < 1.29 is 0 Å². The Hall–Kier alpha value is -0.280. The predicted octanol–water partition coefficient (Wildman–Crippen LogP) is 3.51. The molecule has 0 bridgehead atoms. The first-order valence-electron chi connectivity index (χ1n) is 4.88. The van der Waals surface area contributed by atoms with Gasteiger partial charge in [-0.2, -0.15) is 0 Å². The van der Waals surface area contributed by atoms with Gasteiger partial charge < -0.3 is 0 Å². The van der Waals surface area contributed by atoms with Crippen LogP contribution in [-0.2, 0) is 0 Å². The number of hydrogen-bond donors (Lipinski definition) is 0. The van der Waals surface area contributed by atoms with Crippen LogP contribution in [0.15, 0.2) is 11.2 Å². The summed E-state index contributed by atoms with van der Waals surface area (Å²) in [4.78, 5) is 8.64. The van der Waals surface area contributed by atoms with Crippen molar-refractivity contribution in [1.29, 1.82) is 0 Å². The normalized spacial score (nSPS) is 17.6. The van der Waals surface area contributed by atoms with E-state index in [1.165, 1.54) is 25.7 Å². The molecule has 0 N–H and O–H groups in total. The number of halogens is 1. The first-order chi connectivity index (χ1) is 6.79. The lowest BCUT2D eigenvalue weighted by Gasteiger charge is -2.09. The smallest absolute Gasteiger partial charge is 0.188 e. The fraction of sp³-hybridized carbons (Fsp3) is 0.600. The van der Waals surface area contributed by atoms with Crippen molar-refractivity contribution >= 4 is 23.4 Å². The molecule has 4 heteroatoms. The zero-order chi connectivity index (χ0) is 9.97. The van der Waals surface area contributed by atoms with Crippen LogP contribution < -0.4 is 0 Å². The molecular formula is C10H13ClN2S.